The van der Waals surface area contributed by atoms with Crippen molar-refractivity contribution < 1.29 is 14.0 Å². The largest absolute Gasteiger partial charge is 0.438 e. The molecule has 0 spiro atoms. The van der Waals surface area contributed by atoms with Crippen molar-refractivity contribution in [2.75, 3.05) is 5.32 Å². The molecule has 0 aliphatic rings. The van der Waals surface area contributed by atoms with E-state index in [2.05, 4.69) is 24.1 Å². The van der Waals surface area contributed by atoms with Crippen molar-refractivity contribution in [2.45, 2.75) is 46.1 Å². The Morgan fingerprint density at radius 2 is 2.10 bits per heavy atom. The van der Waals surface area contributed by atoms with E-state index in [4.69, 9.17) is 4.42 Å². The van der Waals surface area contributed by atoms with Gasteiger partial charge in [0.25, 0.3) is 5.56 Å². The fraction of sp³-hybridized carbons (Fsp3) is 0.333. The van der Waals surface area contributed by atoms with E-state index in [9.17, 15) is 14.4 Å². The smallest absolute Gasteiger partial charge is 0.274 e. The van der Waals surface area contributed by atoms with Gasteiger partial charge >= 0.3 is 0 Å². The van der Waals surface area contributed by atoms with Crippen LogP contribution in [0.3, 0.4) is 0 Å². The monoisotopic (exact) mass is 421 g/mol. The lowest BCUT2D eigenvalue weighted by Gasteiger charge is -2.07. The first kappa shape index (κ1) is 22.2. The fourth-order valence-corrected chi connectivity index (χ4v) is 3.37. The Labute approximate surface area is 180 Å². The first-order chi connectivity index (χ1) is 15.0. The molecular weight excluding hydrogens is 394 g/mol. The maximum atomic E-state index is 12.8. The topological polar surface area (TPSA) is 94.2 Å². The van der Waals surface area contributed by atoms with Crippen LogP contribution in [0.5, 0.6) is 0 Å². The number of carbonyl (C=O) groups is 2. The zero-order valence-electron chi connectivity index (χ0n) is 17.8. The van der Waals surface area contributed by atoms with Gasteiger partial charge in [0.1, 0.15) is 24.0 Å². The van der Waals surface area contributed by atoms with E-state index >= 15 is 0 Å². The van der Waals surface area contributed by atoms with Crippen molar-refractivity contribution in [3.8, 4) is 0 Å². The van der Waals surface area contributed by atoms with Gasteiger partial charge in [0.2, 0.25) is 11.8 Å². The number of oxazole rings is 1. The SMILES string of the molecule is CC(C)Cc1cccc2nc(Cn3cccc(NC(=O)CCC/C=C/C=O)c3=O)oc12. The van der Waals surface area contributed by atoms with Gasteiger partial charge in [0, 0.05) is 12.6 Å². The number of hydrogen-bond donors (Lipinski definition) is 1. The van der Waals surface area contributed by atoms with Crippen LogP contribution < -0.4 is 10.9 Å². The Morgan fingerprint density at radius 3 is 2.87 bits per heavy atom. The van der Waals surface area contributed by atoms with E-state index in [1.54, 1.807) is 24.4 Å². The third kappa shape index (κ3) is 6.01. The van der Waals surface area contributed by atoms with E-state index in [1.807, 2.05) is 18.2 Å². The summed E-state index contributed by atoms with van der Waals surface area (Å²) in [5.74, 6) is 0.691. The van der Waals surface area contributed by atoms with Gasteiger partial charge in [-0.05, 0) is 55.0 Å². The zero-order chi connectivity index (χ0) is 22.2. The number of fused-ring (bicyclic) bond motifs is 1. The highest BCUT2D eigenvalue weighted by Gasteiger charge is 2.13. The van der Waals surface area contributed by atoms with Crippen LogP contribution in [-0.2, 0) is 22.6 Å². The van der Waals surface area contributed by atoms with Crippen LogP contribution in [-0.4, -0.2) is 21.7 Å². The standard InChI is InChI=1S/C24H27N3O4/c1-17(2)15-18-9-7-10-19-23(18)31-22(26-19)16-27-13-8-11-20(24(27)30)25-21(29)12-5-3-4-6-14-28/h4,6-11,13-14,17H,3,5,12,15-16H2,1-2H3,(H,25,29)/b6-4+. The number of benzene rings is 1. The lowest BCUT2D eigenvalue weighted by atomic mass is 10.0. The molecule has 0 saturated heterocycles. The molecule has 31 heavy (non-hydrogen) atoms. The first-order valence-corrected chi connectivity index (χ1v) is 10.4. The normalized spacial score (nSPS) is 11.5. The Kier molecular flexibility index (Phi) is 7.54. The molecule has 0 unspecified atom stereocenters. The van der Waals surface area contributed by atoms with Crippen LogP contribution in [0.4, 0.5) is 5.69 Å². The summed E-state index contributed by atoms with van der Waals surface area (Å²) in [5, 5.41) is 2.67. The van der Waals surface area contributed by atoms with Crippen molar-refractivity contribution in [3.05, 3.63) is 70.5 Å². The molecular formula is C24H27N3O4. The highest BCUT2D eigenvalue weighted by Crippen LogP contribution is 2.23. The summed E-state index contributed by atoms with van der Waals surface area (Å²) < 4.78 is 7.44. The van der Waals surface area contributed by atoms with Gasteiger partial charge in [-0.2, -0.15) is 0 Å². The summed E-state index contributed by atoms with van der Waals surface area (Å²) in [6.07, 6.45) is 7.84. The predicted molar refractivity (Wildman–Crippen MR) is 120 cm³/mol. The average Bonchev–Trinajstić information content (AvgIpc) is 3.14. The van der Waals surface area contributed by atoms with E-state index in [1.165, 1.54) is 10.6 Å². The molecule has 1 amide bonds. The molecule has 1 N–H and O–H groups in total. The van der Waals surface area contributed by atoms with Gasteiger partial charge in [-0.1, -0.05) is 32.1 Å². The second-order valence-corrected chi connectivity index (χ2v) is 7.83. The molecule has 3 rings (SSSR count). The molecule has 0 saturated carbocycles. The number of pyridine rings is 1. The minimum Gasteiger partial charge on any atom is -0.438 e. The van der Waals surface area contributed by atoms with Crippen molar-refractivity contribution in [1.82, 2.24) is 9.55 Å². The number of carbonyl (C=O) groups excluding carboxylic acids is 2. The van der Waals surface area contributed by atoms with Gasteiger partial charge < -0.3 is 14.3 Å². The molecule has 0 fully saturated rings. The summed E-state index contributed by atoms with van der Waals surface area (Å²) in [5.41, 5.74) is 2.53. The van der Waals surface area contributed by atoms with Crippen molar-refractivity contribution in [2.24, 2.45) is 5.92 Å². The Hall–Kier alpha value is -3.48. The number of amides is 1. The van der Waals surface area contributed by atoms with Crippen LogP contribution in [0.15, 0.2) is 57.9 Å². The molecule has 0 aliphatic carbocycles. The van der Waals surface area contributed by atoms with Gasteiger partial charge in [-0.3, -0.25) is 14.4 Å². The molecule has 2 heterocycles. The second-order valence-electron chi connectivity index (χ2n) is 7.83. The Balaban J connectivity index is 1.72. The van der Waals surface area contributed by atoms with Crippen LogP contribution in [0.1, 0.15) is 44.6 Å². The molecule has 3 aromatic rings. The van der Waals surface area contributed by atoms with Crippen molar-refractivity contribution >= 4 is 29.0 Å². The summed E-state index contributed by atoms with van der Waals surface area (Å²) >= 11 is 0. The summed E-state index contributed by atoms with van der Waals surface area (Å²) in [6.45, 7) is 4.48. The highest BCUT2D eigenvalue weighted by molar-refractivity contribution is 5.90. The van der Waals surface area contributed by atoms with Gasteiger partial charge in [-0.25, -0.2) is 4.98 Å². The summed E-state index contributed by atoms with van der Waals surface area (Å²) in [7, 11) is 0. The number of rotatable bonds is 10. The zero-order valence-corrected chi connectivity index (χ0v) is 17.8. The van der Waals surface area contributed by atoms with Crippen molar-refractivity contribution in [3.63, 3.8) is 0 Å². The van der Waals surface area contributed by atoms with E-state index in [-0.39, 0.29) is 30.1 Å². The van der Waals surface area contributed by atoms with Crippen LogP contribution in [0, 0.1) is 5.92 Å². The molecule has 0 aliphatic heterocycles. The quantitative estimate of drug-likeness (QED) is 0.302. The van der Waals surface area contributed by atoms with Gasteiger partial charge in [-0.15, -0.1) is 0 Å². The molecule has 7 heteroatoms. The van der Waals surface area contributed by atoms with Crippen LogP contribution in [0.25, 0.3) is 11.1 Å². The maximum Gasteiger partial charge on any atom is 0.274 e. The van der Waals surface area contributed by atoms with E-state index in [0.29, 0.717) is 30.9 Å². The predicted octanol–water partition coefficient (Wildman–Crippen LogP) is 4.10. The van der Waals surface area contributed by atoms with E-state index < -0.39 is 0 Å². The molecule has 0 radical (unpaired) electrons. The Bertz CT molecular complexity index is 1140. The Morgan fingerprint density at radius 1 is 1.26 bits per heavy atom. The second kappa shape index (κ2) is 10.5. The van der Waals surface area contributed by atoms with Gasteiger partial charge in [0.05, 0.1) is 0 Å². The molecule has 2 aromatic heterocycles. The number of hydrogen-bond acceptors (Lipinski definition) is 5. The minimum absolute atomic E-state index is 0.175. The number of aldehydes is 1. The summed E-state index contributed by atoms with van der Waals surface area (Å²) in [6, 6.07) is 9.18. The number of nitrogens with zero attached hydrogens (tertiary/aromatic N) is 2. The fourth-order valence-electron chi connectivity index (χ4n) is 3.37. The highest BCUT2D eigenvalue weighted by atomic mass is 16.3. The molecule has 7 nitrogen and oxygen atoms in total. The lowest BCUT2D eigenvalue weighted by molar-refractivity contribution is -0.116. The minimum atomic E-state index is -0.318. The van der Waals surface area contributed by atoms with Crippen LogP contribution >= 0.6 is 0 Å². The first-order valence-electron chi connectivity index (χ1n) is 10.4. The molecule has 0 bridgehead atoms. The summed E-state index contributed by atoms with van der Waals surface area (Å²) in [4.78, 5) is 39.7. The number of para-hydroxylation sites is 1. The number of unbranched alkanes of at least 4 members (excludes halogenated alkanes) is 1. The number of allylic oxidation sites excluding steroid dienone is 2. The molecule has 1 aromatic carbocycles. The number of anilines is 1. The van der Waals surface area contributed by atoms with Crippen LogP contribution in [0.2, 0.25) is 0 Å². The molecule has 0 atom stereocenters. The average molecular weight is 421 g/mol. The van der Waals surface area contributed by atoms with Gasteiger partial charge in [0.15, 0.2) is 5.58 Å². The number of aromatic nitrogens is 2. The van der Waals surface area contributed by atoms with Crippen molar-refractivity contribution in [1.29, 1.82) is 0 Å². The maximum absolute atomic E-state index is 12.8. The lowest BCUT2D eigenvalue weighted by Crippen LogP contribution is -2.25. The third-order valence-corrected chi connectivity index (χ3v) is 4.76. The number of nitrogens with one attached hydrogen (secondary N) is 1. The third-order valence-electron chi connectivity index (χ3n) is 4.76. The molecule has 162 valence electrons. The van der Waals surface area contributed by atoms with E-state index in [0.717, 1.165) is 23.1 Å².